The molecule has 0 aromatic heterocycles. The maximum Gasteiger partial charge on any atom is 0.253 e. The van der Waals surface area contributed by atoms with Crippen LogP contribution in [0.4, 0.5) is 0 Å². The van der Waals surface area contributed by atoms with Crippen molar-refractivity contribution in [2.24, 2.45) is 0 Å². The quantitative estimate of drug-likeness (QED) is 0.455. The molecule has 0 aromatic rings. The smallest absolute Gasteiger partial charge is 0.253 e. The zero-order valence-electron chi connectivity index (χ0n) is 9.91. The molecule has 16 heavy (non-hydrogen) atoms. The standard InChI is InChI=1S/C6H7NO2.C3H8.CH3B.CH4.U/c1-2-7-5(8)3-4-6(7)9;1-3-2;1-2;;/h3-4H,2H2,1H3;3H2,1-2H3;1H3;1H4;. The van der Waals surface area contributed by atoms with Gasteiger partial charge in [0.2, 0.25) is 0 Å². The van der Waals surface area contributed by atoms with Gasteiger partial charge in [0.1, 0.15) is 0 Å². The zero-order chi connectivity index (χ0) is 11.6. The van der Waals surface area contributed by atoms with E-state index in [4.69, 9.17) is 0 Å². The van der Waals surface area contributed by atoms with E-state index in [9.17, 15) is 9.59 Å². The summed E-state index contributed by atoms with van der Waals surface area (Å²) in [6, 6.07) is 0. The number of likely N-dealkylation sites (N-methyl/N-ethyl adjacent to an activating group) is 1. The van der Waals surface area contributed by atoms with Crippen LogP contribution in [0.25, 0.3) is 0 Å². The summed E-state index contributed by atoms with van der Waals surface area (Å²) >= 11 is 0. The van der Waals surface area contributed by atoms with Gasteiger partial charge in [-0.05, 0) is 6.92 Å². The molecule has 90 valence electrons. The van der Waals surface area contributed by atoms with Crippen molar-refractivity contribution in [3.8, 4) is 0 Å². The molecule has 2 radical (unpaired) electrons. The maximum absolute atomic E-state index is 10.6. The van der Waals surface area contributed by atoms with Crippen molar-refractivity contribution in [1.82, 2.24) is 4.90 Å². The van der Waals surface area contributed by atoms with E-state index >= 15 is 0 Å². The predicted octanol–water partition coefficient (Wildman–Crippen LogP) is 2.19. The van der Waals surface area contributed by atoms with Crippen LogP contribution in [-0.4, -0.2) is 31.1 Å². The first-order chi connectivity index (χ1) is 6.67. The molecule has 5 heteroatoms. The van der Waals surface area contributed by atoms with Gasteiger partial charge in [0.05, 0.1) is 7.85 Å². The normalized spacial score (nSPS) is 11.4. The number of imide groups is 1. The van der Waals surface area contributed by atoms with Crippen LogP contribution < -0.4 is 0 Å². The summed E-state index contributed by atoms with van der Waals surface area (Å²) in [5, 5.41) is 0. The molecule has 0 N–H and O–H groups in total. The van der Waals surface area contributed by atoms with Crippen LogP contribution in [0.5, 0.6) is 0 Å². The van der Waals surface area contributed by atoms with E-state index in [0.717, 1.165) is 0 Å². The summed E-state index contributed by atoms with van der Waals surface area (Å²) < 4.78 is 0. The fourth-order valence-electron chi connectivity index (χ4n) is 0.743. The zero-order valence-corrected chi connectivity index (χ0v) is 14.1. The van der Waals surface area contributed by atoms with Gasteiger partial charge < -0.3 is 0 Å². The van der Waals surface area contributed by atoms with E-state index in [0.29, 0.717) is 6.54 Å². The Labute approximate surface area is 125 Å². The van der Waals surface area contributed by atoms with Crippen LogP contribution in [0.1, 0.15) is 34.6 Å². The van der Waals surface area contributed by atoms with Crippen LogP contribution in [0.3, 0.4) is 0 Å². The first-order valence-corrected chi connectivity index (χ1v) is 4.78. The molecule has 0 bridgehead atoms. The fraction of sp³-hybridized carbons (Fsp3) is 0.636. The van der Waals surface area contributed by atoms with E-state index < -0.39 is 0 Å². The molecule has 0 unspecified atom stereocenters. The SMILES string of the molecule is C.CCC.CCN1C(=O)C=CC1=O.[B]C.[U]. The van der Waals surface area contributed by atoms with Gasteiger partial charge >= 0.3 is 0 Å². The van der Waals surface area contributed by atoms with Crippen LogP contribution in [0.2, 0.25) is 6.82 Å². The number of rotatable bonds is 1. The molecule has 0 aromatic carbocycles. The molecular weight excluding hydrogens is 427 g/mol. The minimum Gasteiger partial charge on any atom is -0.276 e. The Kier molecular flexibility index (Phi) is 27.2. The van der Waals surface area contributed by atoms with Gasteiger partial charge in [0, 0.05) is 49.8 Å². The summed E-state index contributed by atoms with van der Waals surface area (Å²) in [7, 11) is 4.50. The molecule has 2 amide bonds. The molecule has 0 aliphatic carbocycles. The van der Waals surface area contributed by atoms with Crippen LogP contribution in [0.15, 0.2) is 12.2 Å². The summed E-state index contributed by atoms with van der Waals surface area (Å²) in [6.45, 7) is 7.98. The van der Waals surface area contributed by atoms with Crippen LogP contribution >= 0.6 is 0 Å². The van der Waals surface area contributed by atoms with Crippen molar-refractivity contribution in [3.63, 3.8) is 0 Å². The van der Waals surface area contributed by atoms with Gasteiger partial charge in [-0.25, -0.2) is 0 Å². The van der Waals surface area contributed by atoms with Gasteiger partial charge in [0.25, 0.3) is 11.8 Å². The molecule has 0 spiro atoms. The average Bonchev–Trinajstić information content (AvgIpc) is 2.50. The monoisotopic (exact) mass is 449 g/mol. The second-order valence-electron chi connectivity index (χ2n) is 2.46. The minimum absolute atomic E-state index is 0. The Morgan fingerprint density at radius 1 is 1.06 bits per heavy atom. The number of hydrogen-bond donors (Lipinski definition) is 0. The van der Waals surface area contributed by atoms with E-state index in [2.05, 4.69) is 21.7 Å². The van der Waals surface area contributed by atoms with Crippen molar-refractivity contribution in [1.29, 1.82) is 0 Å². The van der Waals surface area contributed by atoms with Gasteiger partial charge in [-0.3, -0.25) is 14.5 Å². The molecular formula is C11H22BNO2U. The molecule has 1 aliphatic heterocycles. The molecule has 0 fully saturated rings. The first-order valence-electron chi connectivity index (χ1n) is 4.78. The van der Waals surface area contributed by atoms with Gasteiger partial charge in [0.15, 0.2) is 0 Å². The summed E-state index contributed by atoms with van der Waals surface area (Å²) in [5.74, 6) is -0.412. The maximum atomic E-state index is 10.6. The average molecular weight is 449 g/mol. The van der Waals surface area contributed by atoms with Crippen LogP contribution in [-0.2, 0) is 9.59 Å². The summed E-state index contributed by atoms with van der Waals surface area (Å²) in [5.41, 5.74) is 0. The van der Waals surface area contributed by atoms with Gasteiger partial charge in [-0.1, -0.05) is 34.5 Å². The first kappa shape index (κ1) is 25.0. The third-order valence-electron chi connectivity index (χ3n) is 1.22. The molecule has 0 saturated heterocycles. The van der Waals surface area contributed by atoms with E-state index in [-0.39, 0.29) is 50.4 Å². The number of carbonyl (C=O) groups excluding carboxylic acids is 2. The van der Waals surface area contributed by atoms with Crippen molar-refractivity contribution >= 4 is 19.7 Å². The van der Waals surface area contributed by atoms with Crippen molar-refractivity contribution in [2.45, 2.75) is 41.4 Å². The predicted molar refractivity (Wildman–Crippen MR) is 65.8 cm³/mol. The Bertz CT molecular complexity index is 190. The van der Waals surface area contributed by atoms with Crippen molar-refractivity contribution in [2.75, 3.05) is 6.54 Å². The summed E-state index contributed by atoms with van der Waals surface area (Å²) in [6.07, 6.45) is 3.82. The molecule has 1 aliphatic rings. The Hall–Kier alpha value is -0.00312. The van der Waals surface area contributed by atoms with E-state index in [1.165, 1.54) is 30.3 Å². The third-order valence-corrected chi connectivity index (χ3v) is 1.22. The largest absolute Gasteiger partial charge is 0.276 e. The number of carbonyl (C=O) groups is 2. The third kappa shape index (κ3) is 10.5. The fourth-order valence-corrected chi connectivity index (χ4v) is 0.743. The van der Waals surface area contributed by atoms with Gasteiger partial charge in [-0.2, -0.15) is 0 Å². The molecule has 0 atom stereocenters. The molecule has 3 nitrogen and oxygen atoms in total. The molecule has 0 saturated carbocycles. The topological polar surface area (TPSA) is 37.4 Å². The Morgan fingerprint density at radius 2 is 1.31 bits per heavy atom. The van der Waals surface area contributed by atoms with Crippen molar-refractivity contribution < 1.29 is 40.7 Å². The second-order valence-corrected chi connectivity index (χ2v) is 2.46. The van der Waals surface area contributed by atoms with E-state index in [1.54, 1.807) is 6.92 Å². The number of amides is 2. The number of hydrogen-bond acceptors (Lipinski definition) is 2. The van der Waals surface area contributed by atoms with Crippen molar-refractivity contribution in [3.05, 3.63) is 12.2 Å². The van der Waals surface area contributed by atoms with Gasteiger partial charge in [-0.15, -0.1) is 0 Å². The van der Waals surface area contributed by atoms with Crippen LogP contribution in [0, 0.1) is 31.1 Å². The molecule has 1 rings (SSSR count). The minimum atomic E-state index is -0.206. The second kappa shape index (κ2) is 17.4. The summed E-state index contributed by atoms with van der Waals surface area (Å²) in [4.78, 5) is 22.4. The Morgan fingerprint density at radius 3 is 1.44 bits per heavy atom. The number of nitrogens with zero attached hydrogens (tertiary/aromatic N) is 1. The Balaban J connectivity index is -0.0000000907. The molecule has 1 heterocycles. The van der Waals surface area contributed by atoms with E-state index in [1.807, 2.05) is 0 Å².